The van der Waals surface area contributed by atoms with Crippen molar-refractivity contribution in [3.8, 4) is 0 Å². The topological polar surface area (TPSA) is 17.1 Å². The van der Waals surface area contributed by atoms with Gasteiger partial charge in [0.05, 0.1) is 0 Å². The molecule has 0 aliphatic carbocycles. The van der Waals surface area contributed by atoms with Crippen LogP contribution in [-0.4, -0.2) is 14.4 Å². The van der Waals surface area contributed by atoms with Gasteiger partial charge < -0.3 is 4.46 Å². The van der Waals surface area contributed by atoms with Gasteiger partial charge in [-0.2, -0.15) is 12.6 Å². The zero-order chi connectivity index (χ0) is 5.70. The molecule has 0 N–H and O–H groups in total. The highest BCUT2D eigenvalue weighted by molar-refractivity contribution is 7.80. The van der Waals surface area contributed by atoms with Crippen LogP contribution in [0.15, 0.2) is 0 Å². The summed E-state index contributed by atoms with van der Waals surface area (Å²) < 4.78 is 10.4. The van der Waals surface area contributed by atoms with Crippen molar-refractivity contribution < 1.29 is 4.46 Å². The second kappa shape index (κ2) is 4.52. The lowest BCUT2D eigenvalue weighted by atomic mass is 10.6. The zero-order valence-electron chi connectivity index (χ0n) is 4.48. The van der Waals surface area contributed by atoms with Crippen LogP contribution in [0.5, 0.6) is 0 Å². The van der Waals surface area contributed by atoms with E-state index in [-0.39, 0.29) is 0 Å². The summed E-state index contributed by atoms with van der Waals surface area (Å²) in [6.07, 6.45) is 0.997. The van der Waals surface area contributed by atoms with E-state index >= 15 is 0 Å². The fraction of sp³-hybridized carbons (Fsp3) is 1.00. The smallest absolute Gasteiger partial charge is 0.273 e. The van der Waals surface area contributed by atoms with E-state index in [1.165, 1.54) is 0 Å². The molecule has 3 heteroatoms. The number of hydrogen-bond donors (Lipinski definition) is 1. The summed E-state index contributed by atoms with van der Waals surface area (Å²) in [5.41, 5.74) is 0. The Labute approximate surface area is 51.2 Å². The Hall–Kier alpha value is 0.367. The standard InChI is InChI=1S/C4H10OSSi/c1-7(5)4-2-3-6/h6H,2-4H2,1H3. The van der Waals surface area contributed by atoms with Crippen LogP contribution in [0, 0.1) is 0 Å². The number of rotatable bonds is 3. The van der Waals surface area contributed by atoms with E-state index in [1.54, 1.807) is 6.55 Å². The molecule has 0 unspecified atom stereocenters. The third-order valence-electron chi connectivity index (χ3n) is 0.687. The molecule has 0 bridgehead atoms. The molecule has 0 aliphatic rings. The van der Waals surface area contributed by atoms with E-state index in [0.29, 0.717) is 0 Å². The van der Waals surface area contributed by atoms with Crippen LogP contribution in [-0.2, 0) is 4.46 Å². The largest absolute Gasteiger partial charge is 0.389 e. The fourth-order valence-electron chi connectivity index (χ4n) is 0.328. The van der Waals surface area contributed by atoms with Gasteiger partial charge in [-0.25, -0.2) is 0 Å². The molecule has 0 atom stereocenters. The zero-order valence-corrected chi connectivity index (χ0v) is 6.37. The third kappa shape index (κ3) is 6.37. The molecule has 0 spiro atoms. The second-order valence-corrected chi connectivity index (χ2v) is 3.88. The summed E-state index contributed by atoms with van der Waals surface area (Å²) in [5.74, 6) is 0.865. The van der Waals surface area contributed by atoms with Crippen molar-refractivity contribution in [2.24, 2.45) is 0 Å². The Bertz CT molecular complexity index is 64.7. The van der Waals surface area contributed by atoms with Crippen LogP contribution in [0.3, 0.4) is 0 Å². The predicted molar refractivity (Wildman–Crippen MR) is 35.6 cm³/mol. The Kier molecular flexibility index (Phi) is 4.76. The maximum atomic E-state index is 10.4. The van der Waals surface area contributed by atoms with Gasteiger partial charge >= 0.3 is 0 Å². The highest BCUT2D eigenvalue weighted by Crippen LogP contribution is 1.91. The van der Waals surface area contributed by atoms with Crippen molar-refractivity contribution in [3.63, 3.8) is 0 Å². The minimum atomic E-state index is -1.20. The van der Waals surface area contributed by atoms with Crippen LogP contribution < -0.4 is 0 Å². The molecule has 0 heterocycles. The van der Waals surface area contributed by atoms with E-state index in [4.69, 9.17) is 0 Å². The van der Waals surface area contributed by atoms with Gasteiger partial charge in [0.15, 0.2) is 0 Å². The first-order chi connectivity index (χ1) is 3.27. The lowest BCUT2D eigenvalue weighted by molar-refractivity contribution is 0.563. The Balaban J connectivity index is 2.82. The van der Waals surface area contributed by atoms with Gasteiger partial charge in [-0.05, 0) is 24.8 Å². The molecule has 0 saturated heterocycles. The van der Waals surface area contributed by atoms with Crippen molar-refractivity contribution in [2.75, 3.05) is 5.75 Å². The third-order valence-corrected chi connectivity index (χ3v) is 2.06. The lowest BCUT2D eigenvalue weighted by Crippen LogP contribution is -1.89. The normalized spacial score (nSPS) is 8.86. The van der Waals surface area contributed by atoms with Crippen LogP contribution in [0.2, 0.25) is 12.6 Å². The van der Waals surface area contributed by atoms with Gasteiger partial charge in [0.2, 0.25) is 0 Å². The quantitative estimate of drug-likeness (QED) is 0.455. The van der Waals surface area contributed by atoms with Gasteiger partial charge in [-0.3, -0.25) is 0 Å². The maximum absolute atomic E-state index is 10.4. The molecule has 0 fully saturated rings. The van der Waals surface area contributed by atoms with Crippen molar-refractivity contribution >= 4 is 21.3 Å². The lowest BCUT2D eigenvalue weighted by Gasteiger charge is -1.84. The molecule has 7 heavy (non-hydrogen) atoms. The van der Waals surface area contributed by atoms with Crippen molar-refractivity contribution in [2.45, 2.75) is 19.0 Å². The molecular weight excluding hydrogens is 124 g/mol. The Morgan fingerprint density at radius 1 is 1.71 bits per heavy atom. The Morgan fingerprint density at radius 2 is 2.29 bits per heavy atom. The Morgan fingerprint density at radius 3 is 2.43 bits per heavy atom. The minimum absolute atomic E-state index is 0.865. The van der Waals surface area contributed by atoms with Gasteiger partial charge in [-0.1, -0.05) is 0 Å². The summed E-state index contributed by atoms with van der Waals surface area (Å²) in [5, 5.41) is 0. The van der Waals surface area contributed by atoms with Crippen LogP contribution >= 0.6 is 12.6 Å². The second-order valence-electron chi connectivity index (χ2n) is 1.53. The number of thiol groups is 1. The van der Waals surface area contributed by atoms with Crippen LogP contribution in [0.4, 0.5) is 0 Å². The molecule has 0 aliphatic heterocycles. The summed E-state index contributed by atoms with van der Waals surface area (Å²) in [4.78, 5) is 0. The number of hydrogen-bond acceptors (Lipinski definition) is 2. The van der Waals surface area contributed by atoms with Crippen molar-refractivity contribution in [1.82, 2.24) is 0 Å². The molecule has 0 radical (unpaired) electrons. The van der Waals surface area contributed by atoms with Crippen LogP contribution in [0.1, 0.15) is 6.42 Å². The predicted octanol–water partition coefficient (Wildman–Crippen LogP) is 1.36. The van der Waals surface area contributed by atoms with Crippen molar-refractivity contribution in [1.29, 1.82) is 0 Å². The highest BCUT2D eigenvalue weighted by Gasteiger charge is 1.91. The molecule has 42 valence electrons. The average molecular weight is 134 g/mol. The highest BCUT2D eigenvalue weighted by atomic mass is 32.1. The first-order valence-corrected chi connectivity index (χ1v) is 5.12. The average Bonchev–Trinajstić information content (AvgIpc) is 1.61. The summed E-state index contributed by atoms with van der Waals surface area (Å²) in [7, 11) is -1.20. The van der Waals surface area contributed by atoms with E-state index in [2.05, 4.69) is 12.6 Å². The monoisotopic (exact) mass is 134 g/mol. The van der Waals surface area contributed by atoms with Crippen molar-refractivity contribution in [3.05, 3.63) is 0 Å². The van der Waals surface area contributed by atoms with Gasteiger partial charge in [-0.15, -0.1) is 0 Å². The van der Waals surface area contributed by atoms with Gasteiger partial charge in [0.25, 0.3) is 8.68 Å². The molecular formula is C4H10OSSi. The van der Waals surface area contributed by atoms with E-state index in [0.717, 1.165) is 18.2 Å². The van der Waals surface area contributed by atoms with E-state index < -0.39 is 8.68 Å². The van der Waals surface area contributed by atoms with Gasteiger partial charge in [0.1, 0.15) is 0 Å². The molecule has 0 aromatic rings. The molecule has 0 rings (SSSR count). The first-order valence-electron chi connectivity index (χ1n) is 2.37. The molecule has 0 aromatic heterocycles. The minimum Gasteiger partial charge on any atom is -0.389 e. The molecule has 1 nitrogen and oxygen atoms in total. The summed E-state index contributed by atoms with van der Waals surface area (Å²) >= 11 is 3.97. The van der Waals surface area contributed by atoms with Gasteiger partial charge in [0, 0.05) is 0 Å². The fourth-order valence-corrected chi connectivity index (χ4v) is 1.46. The molecule has 0 saturated carbocycles. The van der Waals surface area contributed by atoms with Crippen LogP contribution in [0.25, 0.3) is 0 Å². The first kappa shape index (κ1) is 7.37. The molecule has 0 amide bonds. The maximum Gasteiger partial charge on any atom is 0.273 e. The van der Waals surface area contributed by atoms with E-state index in [1.807, 2.05) is 0 Å². The molecule has 0 aromatic carbocycles. The SMILES string of the molecule is C[Si](=O)CCCS. The summed E-state index contributed by atoms with van der Waals surface area (Å²) in [6.45, 7) is 1.79. The summed E-state index contributed by atoms with van der Waals surface area (Å²) in [6, 6.07) is 0.869. The van der Waals surface area contributed by atoms with E-state index in [9.17, 15) is 4.46 Å².